The van der Waals surface area contributed by atoms with Gasteiger partial charge in [-0.2, -0.15) is 4.98 Å². The molecule has 1 aromatic heterocycles. The molecule has 0 aliphatic rings. The molecule has 0 saturated carbocycles. The van der Waals surface area contributed by atoms with Crippen LogP contribution in [0.1, 0.15) is 16.7 Å². The number of nitrogen functional groups attached to an aromatic ring is 1. The molecule has 4 aromatic rings. The first-order valence-electron chi connectivity index (χ1n) is 12.5. The number of nitrogens with two attached hydrogens (primary N) is 1. The predicted octanol–water partition coefficient (Wildman–Crippen LogP) is 4.19. The summed E-state index contributed by atoms with van der Waals surface area (Å²) in [4.78, 5) is 8.39. The molecule has 198 valence electrons. The lowest BCUT2D eigenvalue weighted by atomic mass is 10.1. The normalized spacial score (nSPS) is 13.5. The summed E-state index contributed by atoms with van der Waals surface area (Å²) in [5, 5.41) is 10.4. The topological polar surface area (TPSA) is 109 Å². The molecular weight excluding hydrogens is 482 g/mol. The van der Waals surface area contributed by atoms with Crippen LogP contribution < -0.4 is 10.5 Å². The Morgan fingerprint density at radius 2 is 1.24 bits per heavy atom. The van der Waals surface area contributed by atoms with Gasteiger partial charge in [0.25, 0.3) is 0 Å². The van der Waals surface area contributed by atoms with Crippen molar-refractivity contribution in [1.29, 1.82) is 0 Å². The van der Waals surface area contributed by atoms with Crippen molar-refractivity contribution in [2.75, 3.05) is 18.9 Å². The van der Waals surface area contributed by atoms with Gasteiger partial charge >= 0.3 is 6.01 Å². The largest absolute Gasteiger partial charge is 0.455 e. The molecule has 0 spiro atoms. The fraction of sp³-hybridized carbons (Fsp3) is 0.267. The van der Waals surface area contributed by atoms with Crippen molar-refractivity contribution in [3.63, 3.8) is 0 Å². The molecule has 0 aliphatic carbocycles. The molecule has 8 heteroatoms. The van der Waals surface area contributed by atoms with E-state index in [-0.39, 0.29) is 31.6 Å². The second-order valence-corrected chi connectivity index (χ2v) is 8.70. The van der Waals surface area contributed by atoms with Gasteiger partial charge in [-0.3, -0.25) is 0 Å². The summed E-state index contributed by atoms with van der Waals surface area (Å²) in [6, 6.07) is 31.0. The zero-order chi connectivity index (χ0) is 26.4. The molecule has 0 bridgehead atoms. The van der Waals surface area contributed by atoms with E-state index in [2.05, 4.69) is 9.97 Å². The summed E-state index contributed by atoms with van der Waals surface area (Å²) in [6.45, 7) is 0.801. The third-order valence-corrected chi connectivity index (χ3v) is 5.81. The highest BCUT2D eigenvalue weighted by Gasteiger charge is 2.34. The predicted molar refractivity (Wildman–Crippen MR) is 144 cm³/mol. The van der Waals surface area contributed by atoms with E-state index in [1.54, 1.807) is 6.07 Å². The van der Waals surface area contributed by atoms with E-state index in [1.807, 2.05) is 91.0 Å². The second kappa shape index (κ2) is 14.8. The Labute approximate surface area is 223 Å². The molecule has 8 nitrogen and oxygen atoms in total. The summed E-state index contributed by atoms with van der Waals surface area (Å²) in [7, 11) is 0. The first-order valence-corrected chi connectivity index (χ1v) is 12.5. The Morgan fingerprint density at radius 1 is 0.684 bits per heavy atom. The standard InChI is InChI=1S/C30H33N3O5/c31-28-16-17-32-30(33-28)38-27(22-35-19-23-10-4-1-5-11-23)29(37-21-25-14-8-3-9-15-25)26(18-34)36-20-24-12-6-2-7-13-24/h1-17,26-27,29,34H,18-22H2,(H2,31,32,33)/t26-,27-,29+/m0/s1. The maximum Gasteiger partial charge on any atom is 0.318 e. The van der Waals surface area contributed by atoms with E-state index in [4.69, 9.17) is 24.7 Å². The van der Waals surface area contributed by atoms with Gasteiger partial charge in [-0.15, -0.1) is 0 Å². The van der Waals surface area contributed by atoms with Crippen molar-refractivity contribution in [2.24, 2.45) is 0 Å². The first kappa shape index (κ1) is 27.2. The van der Waals surface area contributed by atoms with Crippen LogP contribution in [0.15, 0.2) is 103 Å². The van der Waals surface area contributed by atoms with E-state index in [1.165, 1.54) is 6.20 Å². The average Bonchev–Trinajstić information content (AvgIpc) is 2.96. The number of anilines is 1. The number of aliphatic hydroxyl groups is 1. The van der Waals surface area contributed by atoms with Crippen LogP contribution in [0.25, 0.3) is 0 Å². The third kappa shape index (κ3) is 8.64. The van der Waals surface area contributed by atoms with Crippen molar-refractivity contribution < 1.29 is 24.1 Å². The number of nitrogens with zero attached hydrogens (tertiary/aromatic N) is 2. The summed E-state index contributed by atoms with van der Waals surface area (Å²) < 4.78 is 24.7. The monoisotopic (exact) mass is 515 g/mol. The zero-order valence-corrected chi connectivity index (χ0v) is 21.1. The molecule has 0 radical (unpaired) electrons. The van der Waals surface area contributed by atoms with Crippen LogP contribution in [0.5, 0.6) is 6.01 Å². The smallest absolute Gasteiger partial charge is 0.318 e. The first-order chi connectivity index (χ1) is 18.7. The fourth-order valence-corrected chi connectivity index (χ4v) is 3.86. The van der Waals surface area contributed by atoms with Crippen molar-refractivity contribution >= 4 is 5.82 Å². The number of hydrogen-bond acceptors (Lipinski definition) is 8. The fourth-order valence-electron chi connectivity index (χ4n) is 3.86. The highest BCUT2D eigenvalue weighted by molar-refractivity contribution is 5.26. The highest BCUT2D eigenvalue weighted by atomic mass is 16.6. The molecule has 4 rings (SSSR count). The van der Waals surface area contributed by atoms with Crippen molar-refractivity contribution in [2.45, 2.75) is 38.1 Å². The van der Waals surface area contributed by atoms with Gasteiger partial charge in [-0.05, 0) is 22.8 Å². The van der Waals surface area contributed by atoms with Gasteiger partial charge in [0.15, 0.2) is 6.10 Å². The molecule has 0 aliphatic heterocycles. The Balaban J connectivity index is 1.55. The SMILES string of the molecule is Nc1ccnc(O[C@@H](COCc2ccccc2)[C@H](OCc2ccccc2)[C@H](CO)OCc2ccccc2)n1. The van der Waals surface area contributed by atoms with Crippen LogP contribution in [0.2, 0.25) is 0 Å². The van der Waals surface area contributed by atoms with Crippen LogP contribution in [0.3, 0.4) is 0 Å². The summed E-state index contributed by atoms with van der Waals surface area (Å²) in [5.41, 5.74) is 8.83. The maximum absolute atomic E-state index is 10.4. The van der Waals surface area contributed by atoms with Gasteiger partial charge in [0, 0.05) is 6.20 Å². The minimum atomic E-state index is -0.718. The van der Waals surface area contributed by atoms with Crippen LogP contribution in [-0.4, -0.2) is 46.6 Å². The molecule has 3 aromatic carbocycles. The Morgan fingerprint density at radius 3 is 1.79 bits per heavy atom. The number of aromatic nitrogens is 2. The Bertz CT molecular complexity index is 1200. The van der Waals surface area contributed by atoms with Gasteiger partial charge in [-0.25, -0.2) is 4.98 Å². The minimum absolute atomic E-state index is 0.0892. The number of benzene rings is 3. The van der Waals surface area contributed by atoms with Crippen LogP contribution in [0, 0.1) is 0 Å². The summed E-state index contributed by atoms with van der Waals surface area (Å²) >= 11 is 0. The van der Waals surface area contributed by atoms with Crippen molar-refractivity contribution in [1.82, 2.24) is 9.97 Å². The van der Waals surface area contributed by atoms with E-state index in [0.717, 1.165) is 16.7 Å². The van der Waals surface area contributed by atoms with Crippen LogP contribution >= 0.6 is 0 Å². The maximum atomic E-state index is 10.4. The van der Waals surface area contributed by atoms with Crippen LogP contribution in [0.4, 0.5) is 5.82 Å². The third-order valence-electron chi connectivity index (χ3n) is 5.81. The van der Waals surface area contributed by atoms with Crippen molar-refractivity contribution in [3.8, 4) is 6.01 Å². The summed E-state index contributed by atoms with van der Waals surface area (Å²) in [6.07, 6.45) is -0.624. The molecule has 0 unspecified atom stereocenters. The van der Waals surface area contributed by atoms with Gasteiger partial charge in [0.1, 0.15) is 18.0 Å². The molecule has 0 amide bonds. The average molecular weight is 516 g/mol. The molecule has 0 fully saturated rings. The van der Waals surface area contributed by atoms with Gasteiger partial charge in [0.2, 0.25) is 0 Å². The zero-order valence-electron chi connectivity index (χ0n) is 21.1. The number of aliphatic hydroxyl groups excluding tert-OH is 1. The lowest BCUT2D eigenvalue weighted by Gasteiger charge is -2.32. The lowest BCUT2D eigenvalue weighted by Crippen LogP contribution is -2.48. The Hall–Kier alpha value is -3.82. The quantitative estimate of drug-likeness (QED) is 0.243. The van der Waals surface area contributed by atoms with E-state index in [0.29, 0.717) is 13.2 Å². The van der Waals surface area contributed by atoms with Crippen LogP contribution in [-0.2, 0) is 34.0 Å². The molecule has 38 heavy (non-hydrogen) atoms. The van der Waals surface area contributed by atoms with Gasteiger partial charge in [-0.1, -0.05) is 91.0 Å². The second-order valence-electron chi connectivity index (χ2n) is 8.70. The molecule has 3 atom stereocenters. The minimum Gasteiger partial charge on any atom is -0.455 e. The lowest BCUT2D eigenvalue weighted by molar-refractivity contribution is -0.152. The molecule has 3 N–H and O–H groups in total. The molecule has 0 saturated heterocycles. The number of rotatable bonds is 15. The van der Waals surface area contributed by atoms with E-state index >= 15 is 0 Å². The van der Waals surface area contributed by atoms with Crippen molar-refractivity contribution in [3.05, 3.63) is 120 Å². The molecule has 1 heterocycles. The molecular formula is C30H33N3O5. The Kier molecular flexibility index (Phi) is 10.6. The van der Waals surface area contributed by atoms with Gasteiger partial charge in [0.05, 0.1) is 33.0 Å². The number of ether oxygens (including phenoxy) is 4. The number of hydrogen-bond donors (Lipinski definition) is 2. The van der Waals surface area contributed by atoms with E-state index < -0.39 is 18.3 Å². The van der Waals surface area contributed by atoms with Gasteiger partial charge < -0.3 is 29.8 Å². The van der Waals surface area contributed by atoms with E-state index in [9.17, 15) is 5.11 Å². The summed E-state index contributed by atoms with van der Waals surface area (Å²) in [5.74, 6) is 0.278. The highest BCUT2D eigenvalue weighted by Crippen LogP contribution is 2.20.